The van der Waals surface area contributed by atoms with Crippen LogP contribution in [0.25, 0.3) is 11.3 Å². The van der Waals surface area contributed by atoms with E-state index < -0.39 is 15.9 Å². The number of nitrogens with two attached hydrogens (primary N) is 1. The van der Waals surface area contributed by atoms with Gasteiger partial charge in [0.2, 0.25) is 10.0 Å². The Balaban J connectivity index is 1.65. The second-order valence-corrected chi connectivity index (χ2v) is 8.11. The van der Waals surface area contributed by atoms with Crippen molar-refractivity contribution in [2.45, 2.75) is 11.4 Å². The van der Waals surface area contributed by atoms with Crippen molar-refractivity contribution in [3.63, 3.8) is 0 Å². The van der Waals surface area contributed by atoms with Gasteiger partial charge in [-0.2, -0.15) is 5.10 Å². The Kier molecular flexibility index (Phi) is 6.12. The van der Waals surface area contributed by atoms with Crippen LogP contribution in [-0.2, 0) is 16.6 Å². The summed E-state index contributed by atoms with van der Waals surface area (Å²) in [5.74, 6) is -0.409. The van der Waals surface area contributed by atoms with E-state index in [1.165, 1.54) is 35.0 Å². The summed E-state index contributed by atoms with van der Waals surface area (Å²) < 4.78 is 23.8. The van der Waals surface area contributed by atoms with Gasteiger partial charge < -0.3 is 5.32 Å². The monoisotopic (exact) mass is 432 g/mol. The van der Waals surface area contributed by atoms with Gasteiger partial charge in [-0.1, -0.05) is 23.7 Å². The Morgan fingerprint density at radius 3 is 2.31 bits per heavy atom. The Labute approximate surface area is 172 Å². The lowest BCUT2D eigenvalue weighted by atomic mass is 10.1. The second kappa shape index (κ2) is 8.56. The molecule has 0 saturated heterocycles. The van der Waals surface area contributed by atoms with Crippen molar-refractivity contribution in [2.75, 3.05) is 6.54 Å². The molecule has 0 bridgehead atoms. The number of carbonyl (C=O) groups is 1. The van der Waals surface area contributed by atoms with Crippen molar-refractivity contribution in [1.29, 1.82) is 0 Å². The highest BCUT2D eigenvalue weighted by atomic mass is 35.5. The van der Waals surface area contributed by atoms with Crippen LogP contribution in [0, 0.1) is 0 Å². The maximum absolute atomic E-state index is 12.2. The third-order valence-electron chi connectivity index (χ3n) is 4.06. The van der Waals surface area contributed by atoms with E-state index in [2.05, 4.69) is 10.4 Å². The number of hydrogen-bond acceptors (Lipinski definition) is 5. The summed E-state index contributed by atoms with van der Waals surface area (Å²) in [4.78, 5) is 24.1. The fourth-order valence-electron chi connectivity index (χ4n) is 2.56. The lowest BCUT2D eigenvalue weighted by Gasteiger charge is -2.09. The summed E-state index contributed by atoms with van der Waals surface area (Å²) in [7, 11) is -3.82. The summed E-state index contributed by atoms with van der Waals surface area (Å²) in [5.41, 5.74) is 1.38. The maximum atomic E-state index is 12.2. The molecule has 8 nitrogen and oxygen atoms in total. The largest absolute Gasteiger partial charge is 0.350 e. The zero-order valence-corrected chi connectivity index (χ0v) is 16.7. The SMILES string of the molecule is NS(=O)(=O)c1ccc(C(=O)NCCn2nc(-c3ccc(Cl)cc3)ccc2=O)cc1. The van der Waals surface area contributed by atoms with E-state index in [1.54, 1.807) is 30.3 Å². The summed E-state index contributed by atoms with van der Waals surface area (Å²) in [6, 6.07) is 15.3. The molecule has 0 aliphatic heterocycles. The third kappa shape index (κ3) is 5.29. The number of benzene rings is 2. The van der Waals surface area contributed by atoms with E-state index in [4.69, 9.17) is 16.7 Å². The van der Waals surface area contributed by atoms with Gasteiger partial charge in [0.1, 0.15) is 0 Å². The molecular formula is C19H17ClN4O4S. The molecular weight excluding hydrogens is 416 g/mol. The first-order valence-corrected chi connectivity index (χ1v) is 10.4. The molecule has 0 saturated carbocycles. The van der Waals surface area contributed by atoms with E-state index >= 15 is 0 Å². The van der Waals surface area contributed by atoms with Crippen LogP contribution in [0.4, 0.5) is 0 Å². The number of sulfonamides is 1. The van der Waals surface area contributed by atoms with E-state index in [1.807, 2.05) is 0 Å². The molecule has 29 heavy (non-hydrogen) atoms. The normalized spacial score (nSPS) is 11.2. The molecule has 3 aromatic rings. The maximum Gasteiger partial charge on any atom is 0.266 e. The van der Waals surface area contributed by atoms with Crippen molar-refractivity contribution in [3.05, 3.63) is 81.6 Å². The Bertz CT molecular complexity index is 1190. The van der Waals surface area contributed by atoms with Crippen molar-refractivity contribution in [1.82, 2.24) is 15.1 Å². The van der Waals surface area contributed by atoms with Crippen LogP contribution in [0.15, 0.2) is 70.4 Å². The highest BCUT2D eigenvalue weighted by molar-refractivity contribution is 7.89. The van der Waals surface area contributed by atoms with Crippen molar-refractivity contribution in [2.24, 2.45) is 5.14 Å². The van der Waals surface area contributed by atoms with Crippen LogP contribution in [-0.4, -0.2) is 30.7 Å². The fourth-order valence-corrected chi connectivity index (χ4v) is 3.20. The average Bonchev–Trinajstić information content (AvgIpc) is 2.69. The zero-order valence-electron chi connectivity index (χ0n) is 15.1. The number of amides is 1. The van der Waals surface area contributed by atoms with Gasteiger partial charge in [0.05, 0.1) is 17.1 Å². The predicted octanol–water partition coefficient (Wildman–Crippen LogP) is 1.64. The highest BCUT2D eigenvalue weighted by Crippen LogP contribution is 2.18. The smallest absolute Gasteiger partial charge is 0.266 e. The first kappa shape index (κ1) is 20.7. The molecule has 0 spiro atoms. The van der Waals surface area contributed by atoms with Crippen molar-refractivity contribution < 1.29 is 13.2 Å². The molecule has 1 amide bonds. The minimum absolute atomic E-state index is 0.0798. The highest BCUT2D eigenvalue weighted by Gasteiger charge is 2.10. The first-order valence-electron chi connectivity index (χ1n) is 8.49. The topological polar surface area (TPSA) is 124 Å². The van der Waals surface area contributed by atoms with Gasteiger partial charge in [0.15, 0.2) is 0 Å². The molecule has 3 N–H and O–H groups in total. The van der Waals surface area contributed by atoms with Gasteiger partial charge in [0, 0.05) is 28.8 Å². The molecule has 0 atom stereocenters. The molecule has 0 aliphatic rings. The van der Waals surface area contributed by atoms with Crippen LogP contribution < -0.4 is 16.0 Å². The van der Waals surface area contributed by atoms with Crippen molar-refractivity contribution in [3.8, 4) is 11.3 Å². The molecule has 1 heterocycles. The first-order chi connectivity index (χ1) is 13.7. The van der Waals surface area contributed by atoms with E-state index in [9.17, 15) is 18.0 Å². The van der Waals surface area contributed by atoms with Crippen LogP contribution in [0.2, 0.25) is 5.02 Å². The second-order valence-electron chi connectivity index (χ2n) is 6.11. The molecule has 3 rings (SSSR count). The molecule has 0 aliphatic carbocycles. The molecule has 0 unspecified atom stereocenters. The van der Waals surface area contributed by atoms with Gasteiger partial charge in [-0.25, -0.2) is 18.2 Å². The summed E-state index contributed by atoms with van der Waals surface area (Å²) in [5, 5.41) is 12.6. The number of rotatable bonds is 6. The Morgan fingerprint density at radius 2 is 1.69 bits per heavy atom. The van der Waals surface area contributed by atoms with Crippen LogP contribution in [0.1, 0.15) is 10.4 Å². The van der Waals surface area contributed by atoms with Crippen molar-refractivity contribution >= 4 is 27.5 Å². The minimum atomic E-state index is -3.82. The standard InChI is InChI=1S/C19H17ClN4O4S/c20-15-5-1-13(2-6-15)17-9-10-18(25)24(23-17)12-11-22-19(26)14-3-7-16(8-4-14)29(21,27)28/h1-10H,11-12H2,(H,22,26)(H2,21,27,28). The summed E-state index contributed by atoms with van der Waals surface area (Å²) >= 11 is 5.88. The number of halogens is 1. The molecule has 0 fully saturated rings. The van der Waals surface area contributed by atoms with Gasteiger partial charge >= 0.3 is 0 Å². The van der Waals surface area contributed by atoms with E-state index in [0.29, 0.717) is 10.7 Å². The van der Waals surface area contributed by atoms with E-state index in [-0.39, 0.29) is 29.1 Å². The summed E-state index contributed by atoms with van der Waals surface area (Å²) in [6.45, 7) is 0.327. The molecule has 150 valence electrons. The Hall–Kier alpha value is -3.01. The van der Waals surface area contributed by atoms with Gasteiger partial charge in [0.25, 0.3) is 11.5 Å². The number of aromatic nitrogens is 2. The fraction of sp³-hybridized carbons (Fsp3) is 0.105. The van der Waals surface area contributed by atoms with Crippen LogP contribution >= 0.6 is 11.6 Å². The Morgan fingerprint density at radius 1 is 1.03 bits per heavy atom. The molecule has 2 aromatic carbocycles. The number of nitrogens with one attached hydrogen (secondary N) is 1. The lowest BCUT2D eigenvalue weighted by molar-refractivity contribution is 0.0951. The number of nitrogens with zero attached hydrogens (tertiary/aromatic N) is 2. The number of carbonyl (C=O) groups excluding carboxylic acids is 1. The molecule has 10 heteroatoms. The van der Waals surface area contributed by atoms with Gasteiger partial charge in [-0.3, -0.25) is 9.59 Å². The predicted molar refractivity (Wildman–Crippen MR) is 109 cm³/mol. The summed E-state index contributed by atoms with van der Waals surface area (Å²) in [6.07, 6.45) is 0. The van der Waals surface area contributed by atoms with Gasteiger partial charge in [-0.15, -0.1) is 0 Å². The number of hydrogen-bond donors (Lipinski definition) is 2. The number of primary sulfonamides is 1. The van der Waals surface area contributed by atoms with Crippen LogP contribution in [0.5, 0.6) is 0 Å². The zero-order chi connectivity index (χ0) is 21.0. The average molecular weight is 433 g/mol. The lowest BCUT2D eigenvalue weighted by Crippen LogP contribution is -2.32. The van der Waals surface area contributed by atoms with Crippen LogP contribution in [0.3, 0.4) is 0 Å². The van der Waals surface area contributed by atoms with Gasteiger partial charge in [-0.05, 0) is 42.5 Å². The molecule has 0 radical (unpaired) electrons. The minimum Gasteiger partial charge on any atom is -0.350 e. The van der Waals surface area contributed by atoms with E-state index in [0.717, 1.165) is 5.56 Å². The quantitative estimate of drug-likeness (QED) is 0.612. The molecule has 1 aromatic heterocycles. The third-order valence-corrected chi connectivity index (χ3v) is 5.24.